The van der Waals surface area contributed by atoms with Crippen LogP contribution in [0.15, 0.2) is 40.8 Å². The Morgan fingerprint density at radius 1 is 1.30 bits per heavy atom. The smallest absolute Gasteiger partial charge is 0.416 e. The first-order valence-electron chi connectivity index (χ1n) is 8.25. The summed E-state index contributed by atoms with van der Waals surface area (Å²) in [5.41, 5.74) is -0.580. The van der Waals surface area contributed by atoms with E-state index in [9.17, 15) is 22.8 Å². The van der Waals surface area contributed by atoms with Crippen LogP contribution < -0.4 is 5.32 Å². The minimum Gasteiger partial charge on any atom is -0.440 e. The molecule has 2 amide bonds. The zero-order valence-corrected chi connectivity index (χ0v) is 14.8. The number of nitrogens with zero attached hydrogens (tertiary/aromatic N) is 1. The van der Waals surface area contributed by atoms with Gasteiger partial charge in [-0.1, -0.05) is 12.1 Å². The fourth-order valence-corrected chi connectivity index (χ4v) is 3.10. The summed E-state index contributed by atoms with van der Waals surface area (Å²) in [6, 6.07) is 6.60. The molecule has 5 nitrogen and oxygen atoms in total. The molecule has 1 aliphatic heterocycles. The highest BCUT2D eigenvalue weighted by molar-refractivity contribution is 6.29. The summed E-state index contributed by atoms with van der Waals surface area (Å²) in [6.07, 6.45) is -3.45. The topological polar surface area (TPSA) is 62.6 Å². The van der Waals surface area contributed by atoms with Crippen LogP contribution in [0.1, 0.15) is 40.6 Å². The first-order valence-corrected chi connectivity index (χ1v) is 8.63. The van der Waals surface area contributed by atoms with Gasteiger partial charge in [-0.05, 0) is 47.9 Å². The molecule has 27 heavy (non-hydrogen) atoms. The zero-order chi connectivity index (χ0) is 19.6. The number of furan rings is 1. The fourth-order valence-electron chi connectivity index (χ4n) is 2.95. The van der Waals surface area contributed by atoms with Crippen LogP contribution in [0.4, 0.5) is 13.2 Å². The van der Waals surface area contributed by atoms with Gasteiger partial charge in [0, 0.05) is 19.5 Å². The largest absolute Gasteiger partial charge is 0.440 e. The highest BCUT2D eigenvalue weighted by atomic mass is 35.5. The number of nitrogens with one attached hydrogen (secondary N) is 1. The summed E-state index contributed by atoms with van der Waals surface area (Å²) in [7, 11) is 0. The van der Waals surface area contributed by atoms with Crippen molar-refractivity contribution in [3.8, 4) is 0 Å². The van der Waals surface area contributed by atoms with E-state index >= 15 is 0 Å². The first-order chi connectivity index (χ1) is 12.7. The van der Waals surface area contributed by atoms with Crippen LogP contribution in [0.5, 0.6) is 0 Å². The van der Waals surface area contributed by atoms with E-state index in [-0.39, 0.29) is 29.0 Å². The second-order valence-electron chi connectivity index (χ2n) is 6.20. The van der Waals surface area contributed by atoms with Crippen LogP contribution in [-0.2, 0) is 11.0 Å². The van der Waals surface area contributed by atoms with E-state index in [0.717, 1.165) is 12.1 Å². The Kier molecular flexibility index (Phi) is 5.46. The van der Waals surface area contributed by atoms with Crippen LogP contribution in [0, 0.1) is 0 Å². The molecule has 1 N–H and O–H groups in total. The van der Waals surface area contributed by atoms with Crippen molar-refractivity contribution in [2.24, 2.45) is 0 Å². The summed E-state index contributed by atoms with van der Waals surface area (Å²) < 4.78 is 44.2. The lowest BCUT2D eigenvalue weighted by Crippen LogP contribution is -2.38. The maximum Gasteiger partial charge on any atom is 0.416 e. The number of alkyl halides is 3. The molecule has 2 aromatic rings. The summed E-state index contributed by atoms with van der Waals surface area (Å²) in [4.78, 5) is 25.8. The summed E-state index contributed by atoms with van der Waals surface area (Å²) >= 11 is 5.66. The van der Waals surface area contributed by atoms with Gasteiger partial charge in [-0.25, -0.2) is 0 Å². The molecule has 1 saturated heterocycles. The number of benzene rings is 1. The van der Waals surface area contributed by atoms with Crippen LogP contribution in [-0.4, -0.2) is 29.8 Å². The highest BCUT2D eigenvalue weighted by Gasteiger charge is 2.32. The average Bonchev–Trinajstić information content (AvgIpc) is 3.22. The van der Waals surface area contributed by atoms with Gasteiger partial charge in [-0.2, -0.15) is 13.2 Å². The van der Waals surface area contributed by atoms with E-state index in [2.05, 4.69) is 5.32 Å². The van der Waals surface area contributed by atoms with Gasteiger partial charge in [0.1, 0.15) is 0 Å². The van der Waals surface area contributed by atoms with Gasteiger partial charge in [-0.15, -0.1) is 0 Å². The van der Waals surface area contributed by atoms with E-state index in [1.165, 1.54) is 29.2 Å². The number of likely N-dealkylation sites (tertiary alicyclic amines) is 1. The molecule has 0 saturated carbocycles. The van der Waals surface area contributed by atoms with Crippen molar-refractivity contribution < 1.29 is 27.2 Å². The van der Waals surface area contributed by atoms with E-state index < -0.39 is 23.7 Å². The normalized spacial score (nSPS) is 15.9. The Hall–Kier alpha value is -2.48. The van der Waals surface area contributed by atoms with Crippen molar-refractivity contribution >= 4 is 23.4 Å². The van der Waals surface area contributed by atoms with Crippen LogP contribution in [0.2, 0.25) is 5.22 Å². The molecule has 1 fully saturated rings. The third-order valence-corrected chi connectivity index (χ3v) is 4.50. The summed E-state index contributed by atoms with van der Waals surface area (Å²) in [6.45, 7) is 0.567. The van der Waals surface area contributed by atoms with Gasteiger partial charge in [0.15, 0.2) is 11.0 Å². The molecule has 2 heterocycles. The second-order valence-corrected chi connectivity index (χ2v) is 6.57. The van der Waals surface area contributed by atoms with Gasteiger partial charge >= 0.3 is 6.18 Å². The lowest BCUT2D eigenvalue weighted by Gasteiger charge is -2.25. The van der Waals surface area contributed by atoms with Crippen LogP contribution >= 0.6 is 11.6 Å². The molecule has 9 heteroatoms. The Morgan fingerprint density at radius 3 is 2.67 bits per heavy atom. The van der Waals surface area contributed by atoms with Crippen molar-refractivity contribution in [3.63, 3.8) is 0 Å². The number of rotatable bonds is 5. The summed E-state index contributed by atoms with van der Waals surface area (Å²) in [5.74, 6) is -0.789. The van der Waals surface area contributed by atoms with E-state index in [1.807, 2.05) is 0 Å². The Morgan fingerprint density at radius 2 is 2.07 bits per heavy atom. The fraction of sp³-hybridized carbons (Fsp3) is 0.333. The van der Waals surface area contributed by atoms with Crippen molar-refractivity contribution in [1.82, 2.24) is 10.2 Å². The third-order valence-electron chi connectivity index (χ3n) is 4.29. The molecule has 1 aliphatic rings. The molecule has 0 radical (unpaired) electrons. The number of hydrogen-bond acceptors (Lipinski definition) is 3. The van der Waals surface area contributed by atoms with Gasteiger partial charge < -0.3 is 14.6 Å². The standard InChI is InChI=1S/C18H16ClF3N2O3/c19-15-7-6-14(27-15)17(26)23-13(10-24-8-2-5-16(24)25)11-3-1-4-12(9-11)18(20,21)22/h1,3-4,6-7,9,13H,2,5,8,10H2,(H,23,26). The molecule has 1 atom stereocenters. The number of carbonyl (C=O) groups excluding carboxylic acids is 2. The molecule has 3 rings (SSSR count). The molecule has 1 unspecified atom stereocenters. The second kappa shape index (κ2) is 7.64. The Bertz CT molecular complexity index is 850. The van der Waals surface area contributed by atoms with Crippen molar-refractivity contribution in [3.05, 3.63) is 58.5 Å². The average molecular weight is 401 g/mol. The van der Waals surface area contributed by atoms with Crippen molar-refractivity contribution in [2.45, 2.75) is 25.1 Å². The van der Waals surface area contributed by atoms with Crippen LogP contribution in [0.25, 0.3) is 0 Å². The molecule has 0 aliphatic carbocycles. The number of halogens is 4. The van der Waals surface area contributed by atoms with Gasteiger partial charge in [-0.3, -0.25) is 9.59 Å². The predicted octanol–water partition coefficient (Wildman–Crippen LogP) is 4.05. The molecular formula is C18H16ClF3N2O3. The quantitative estimate of drug-likeness (QED) is 0.823. The van der Waals surface area contributed by atoms with Crippen LogP contribution in [0.3, 0.4) is 0 Å². The maximum atomic E-state index is 13.0. The minimum atomic E-state index is -4.51. The number of hydrogen-bond donors (Lipinski definition) is 1. The lowest BCUT2D eigenvalue weighted by atomic mass is 10.0. The van der Waals surface area contributed by atoms with Crippen molar-refractivity contribution in [2.75, 3.05) is 13.1 Å². The monoisotopic (exact) mass is 400 g/mol. The van der Waals surface area contributed by atoms with Gasteiger partial charge in [0.05, 0.1) is 11.6 Å². The highest BCUT2D eigenvalue weighted by Crippen LogP contribution is 2.31. The summed E-state index contributed by atoms with van der Waals surface area (Å²) in [5, 5.41) is 2.66. The lowest BCUT2D eigenvalue weighted by molar-refractivity contribution is -0.137. The maximum absolute atomic E-state index is 13.0. The van der Waals surface area contributed by atoms with Gasteiger partial charge in [0.2, 0.25) is 5.91 Å². The first kappa shape index (κ1) is 19.3. The van der Waals surface area contributed by atoms with E-state index in [4.69, 9.17) is 16.0 Å². The van der Waals surface area contributed by atoms with E-state index in [1.54, 1.807) is 0 Å². The SMILES string of the molecule is O=C(NC(CN1CCCC1=O)c1cccc(C(F)(F)F)c1)c1ccc(Cl)o1. The Labute approximate surface area is 158 Å². The third kappa shape index (κ3) is 4.63. The molecule has 1 aromatic heterocycles. The molecule has 0 spiro atoms. The number of carbonyl (C=O) groups is 2. The molecule has 0 bridgehead atoms. The Balaban J connectivity index is 1.87. The van der Waals surface area contributed by atoms with Gasteiger partial charge in [0.25, 0.3) is 5.91 Å². The number of amides is 2. The minimum absolute atomic E-state index is 0.0190. The molecule has 1 aromatic carbocycles. The van der Waals surface area contributed by atoms with E-state index in [0.29, 0.717) is 19.4 Å². The molecule has 144 valence electrons. The zero-order valence-electron chi connectivity index (χ0n) is 14.1. The molecular weight excluding hydrogens is 385 g/mol. The van der Waals surface area contributed by atoms with Crippen molar-refractivity contribution in [1.29, 1.82) is 0 Å². The predicted molar refractivity (Wildman–Crippen MR) is 91.2 cm³/mol.